The predicted molar refractivity (Wildman–Crippen MR) is 65.3 cm³/mol. The lowest BCUT2D eigenvalue weighted by molar-refractivity contribution is 0.613. The van der Waals surface area contributed by atoms with Gasteiger partial charge in [-0.2, -0.15) is 0 Å². The van der Waals surface area contributed by atoms with Crippen molar-refractivity contribution in [2.45, 2.75) is 19.9 Å². The van der Waals surface area contributed by atoms with Crippen LogP contribution in [-0.2, 0) is 13.0 Å². The lowest BCUT2D eigenvalue weighted by atomic mass is 10.1. The molecular weight excluding hydrogens is 217 g/mol. The summed E-state index contributed by atoms with van der Waals surface area (Å²) in [6.07, 6.45) is 0.527. The molecule has 0 saturated carbocycles. The molecule has 3 nitrogen and oxygen atoms in total. The molecule has 0 aliphatic heterocycles. The first kappa shape index (κ1) is 11.8. The van der Waals surface area contributed by atoms with Crippen LogP contribution in [0.3, 0.4) is 0 Å². The highest BCUT2D eigenvalue weighted by Crippen LogP contribution is 2.14. The highest BCUT2D eigenvalue weighted by molar-refractivity contribution is 5.26. The Kier molecular flexibility index (Phi) is 3.54. The molecule has 0 fully saturated rings. The number of H-pyrrole nitrogens is 1. The Labute approximate surface area is 100 Å². The lowest BCUT2D eigenvalue weighted by Crippen LogP contribution is -2.06. The fourth-order valence-electron chi connectivity index (χ4n) is 1.81. The molecule has 2 N–H and O–H groups in total. The minimum atomic E-state index is -0.176. The molecule has 0 amide bonds. The monoisotopic (exact) mass is 233 g/mol. The quantitative estimate of drug-likeness (QED) is 0.849. The maximum Gasteiger partial charge on any atom is 0.126 e. The fourth-order valence-corrected chi connectivity index (χ4v) is 1.81. The number of rotatable bonds is 4. The number of halogens is 1. The third kappa shape index (κ3) is 2.71. The molecule has 0 radical (unpaired) electrons. The number of aryl methyl sites for hydroxylation is 1. The van der Waals surface area contributed by atoms with Crippen molar-refractivity contribution >= 4 is 0 Å². The number of aromatic amines is 1. The summed E-state index contributed by atoms with van der Waals surface area (Å²) < 4.78 is 13.5. The van der Waals surface area contributed by atoms with Gasteiger partial charge < -0.3 is 10.3 Å². The van der Waals surface area contributed by atoms with Crippen LogP contribution in [0.2, 0.25) is 0 Å². The van der Waals surface area contributed by atoms with Gasteiger partial charge >= 0.3 is 0 Å². The second kappa shape index (κ2) is 5.10. The highest BCUT2D eigenvalue weighted by Gasteiger charge is 2.09. The summed E-state index contributed by atoms with van der Waals surface area (Å²) in [6, 6.07) is 6.81. The van der Waals surface area contributed by atoms with Crippen molar-refractivity contribution in [2.75, 3.05) is 7.05 Å². The maximum atomic E-state index is 13.5. The van der Waals surface area contributed by atoms with Gasteiger partial charge in [-0.1, -0.05) is 18.2 Å². The van der Waals surface area contributed by atoms with Gasteiger partial charge in [0.2, 0.25) is 0 Å². The number of hydrogen-bond acceptors (Lipinski definition) is 2. The van der Waals surface area contributed by atoms with E-state index in [1.165, 1.54) is 6.07 Å². The smallest absolute Gasteiger partial charge is 0.126 e. The molecule has 0 unspecified atom stereocenters. The molecule has 17 heavy (non-hydrogen) atoms. The topological polar surface area (TPSA) is 40.7 Å². The number of benzene rings is 1. The van der Waals surface area contributed by atoms with Gasteiger partial charge in [0.05, 0.1) is 12.2 Å². The SMILES string of the molecule is CNCc1nc(Cc2ccccc2F)c(C)[nH]1. The van der Waals surface area contributed by atoms with Crippen molar-refractivity contribution in [1.29, 1.82) is 0 Å². The summed E-state index contributed by atoms with van der Waals surface area (Å²) in [5, 5.41) is 3.03. The second-order valence-electron chi connectivity index (χ2n) is 4.05. The third-order valence-corrected chi connectivity index (χ3v) is 2.69. The van der Waals surface area contributed by atoms with E-state index in [1.807, 2.05) is 20.0 Å². The predicted octanol–water partition coefficient (Wildman–Crippen LogP) is 2.17. The maximum absolute atomic E-state index is 13.5. The zero-order valence-electron chi connectivity index (χ0n) is 10.0. The average molecular weight is 233 g/mol. The summed E-state index contributed by atoms with van der Waals surface area (Å²) in [5.41, 5.74) is 2.58. The Hall–Kier alpha value is -1.68. The summed E-state index contributed by atoms with van der Waals surface area (Å²) in [4.78, 5) is 7.64. The molecule has 1 aromatic carbocycles. The van der Waals surface area contributed by atoms with Gasteiger partial charge in [-0.15, -0.1) is 0 Å². The van der Waals surface area contributed by atoms with Gasteiger partial charge in [0.25, 0.3) is 0 Å². The summed E-state index contributed by atoms with van der Waals surface area (Å²) in [5.74, 6) is 0.710. The number of hydrogen-bond donors (Lipinski definition) is 2. The molecule has 0 aliphatic carbocycles. The van der Waals surface area contributed by atoms with Crippen molar-refractivity contribution in [3.63, 3.8) is 0 Å². The molecule has 0 bridgehead atoms. The number of aromatic nitrogens is 2. The van der Waals surface area contributed by atoms with E-state index < -0.39 is 0 Å². The van der Waals surface area contributed by atoms with Crippen molar-refractivity contribution in [1.82, 2.24) is 15.3 Å². The van der Waals surface area contributed by atoms with Crippen LogP contribution in [0.1, 0.15) is 22.8 Å². The normalized spacial score (nSPS) is 10.8. The van der Waals surface area contributed by atoms with Crippen LogP contribution in [0.4, 0.5) is 4.39 Å². The first-order valence-electron chi connectivity index (χ1n) is 5.63. The van der Waals surface area contributed by atoms with Gasteiger partial charge in [0, 0.05) is 12.1 Å². The number of imidazole rings is 1. The van der Waals surface area contributed by atoms with E-state index in [4.69, 9.17) is 0 Å². The summed E-state index contributed by atoms with van der Waals surface area (Å²) in [7, 11) is 1.87. The molecule has 1 aromatic heterocycles. The average Bonchev–Trinajstić information content (AvgIpc) is 2.63. The Bertz CT molecular complexity index is 505. The molecule has 0 atom stereocenters. The van der Waals surface area contributed by atoms with Crippen LogP contribution in [0, 0.1) is 12.7 Å². The third-order valence-electron chi connectivity index (χ3n) is 2.69. The summed E-state index contributed by atoms with van der Waals surface area (Å²) >= 11 is 0. The zero-order valence-corrected chi connectivity index (χ0v) is 10.0. The molecule has 90 valence electrons. The van der Waals surface area contributed by atoms with Gasteiger partial charge in [-0.05, 0) is 25.6 Å². The Morgan fingerprint density at radius 3 is 2.82 bits per heavy atom. The Balaban J connectivity index is 2.21. The molecule has 4 heteroatoms. The first-order valence-corrected chi connectivity index (χ1v) is 5.63. The van der Waals surface area contributed by atoms with Gasteiger partial charge in [-0.25, -0.2) is 9.37 Å². The molecule has 1 heterocycles. The van der Waals surface area contributed by atoms with Crippen LogP contribution in [-0.4, -0.2) is 17.0 Å². The molecule has 0 spiro atoms. The zero-order chi connectivity index (χ0) is 12.3. The van der Waals surface area contributed by atoms with Crippen LogP contribution in [0.5, 0.6) is 0 Å². The van der Waals surface area contributed by atoms with Crippen LogP contribution in [0.15, 0.2) is 24.3 Å². The van der Waals surface area contributed by atoms with E-state index >= 15 is 0 Å². The largest absolute Gasteiger partial charge is 0.345 e. The van der Waals surface area contributed by atoms with Gasteiger partial charge in [-0.3, -0.25) is 0 Å². The van der Waals surface area contributed by atoms with Gasteiger partial charge in [0.15, 0.2) is 0 Å². The molecular formula is C13H16FN3. The minimum absolute atomic E-state index is 0.176. The number of nitrogens with one attached hydrogen (secondary N) is 2. The van der Waals surface area contributed by atoms with Crippen molar-refractivity contribution < 1.29 is 4.39 Å². The van der Waals surface area contributed by atoms with E-state index in [9.17, 15) is 4.39 Å². The first-order chi connectivity index (χ1) is 8.20. The Morgan fingerprint density at radius 1 is 1.35 bits per heavy atom. The highest BCUT2D eigenvalue weighted by atomic mass is 19.1. The Morgan fingerprint density at radius 2 is 2.12 bits per heavy atom. The van der Waals surface area contributed by atoms with E-state index in [-0.39, 0.29) is 5.82 Å². The lowest BCUT2D eigenvalue weighted by Gasteiger charge is -2.00. The second-order valence-corrected chi connectivity index (χ2v) is 4.05. The van der Waals surface area contributed by atoms with E-state index in [1.54, 1.807) is 12.1 Å². The van der Waals surface area contributed by atoms with Crippen molar-refractivity contribution in [2.24, 2.45) is 0 Å². The fraction of sp³-hybridized carbons (Fsp3) is 0.308. The van der Waals surface area contributed by atoms with Crippen molar-refractivity contribution in [3.05, 3.63) is 52.9 Å². The molecule has 0 saturated heterocycles. The number of nitrogens with zero attached hydrogens (tertiary/aromatic N) is 1. The standard InChI is InChI=1S/C13H16FN3/c1-9-12(17-13(16-9)8-15-2)7-10-5-3-4-6-11(10)14/h3-6,15H,7-8H2,1-2H3,(H,16,17). The minimum Gasteiger partial charge on any atom is -0.345 e. The molecule has 2 aromatic rings. The molecule has 2 rings (SSSR count). The van der Waals surface area contributed by atoms with Crippen molar-refractivity contribution in [3.8, 4) is 0 Å². The van der Waals surface area contributed by atoms with Crippen LogP contribution >= 0.6 is 0 Å². The van der Waals surface area contributed by atoms with Crippen LogP contribution in [0.25, 0.3) is 0 Å². The van der Waals surface area contributed by atoms with Gasteiger partial charge in [0.1, 0.15) is 11.6 Å². The van der Waals surface area contributed by atoms with E-state index in [2.05, 4.69) is 15.3 Å². The van der Waals surface area contributed by atoms with Crippen LogP contribution < -0.4 is 5.32 Å². The summed E-state index contributed by atoms with van der Waals surface area (Å²) in [6.45, 7) is 2.65. The molecule has 0 aliphatic rings. The van der Waals surface area contributed by atoms with E-state index in [0.717, 1.165) is 17.2 Å². The van der Waals surface area contributed by atoms with E-state index in [0.29, 0.717) is 18.5 Å².